The van der Waals surface area contributed by atoms with Crippen molar-refractivity contribution in [2.24, 2.45) is 0 Å². The largest absolute Gasteiger partial charge is 0.497 e. The SMILES string of the molecule is COc1ccc2ccnc(Oc3cc(F)ccc3N)c2c1. The Balaban J connectivity index is 2.09. The van der Waals surface area contributed by atoms with Gasteiger partial charge in [0, 0.05) is 17.6 Å². The predicted octanol–water partition coefficient (Wildman–Crippen LogP) is 3.76. The molecule has 0 aliphatic carbocycles. The Hall–Kier alpha value is -2.82. The first-order valence-corrected chi connectivity index (χ1v) is 6.33. The van der Waals surface area contributed by atoms with Crippen LogP contribution in [0.2, 0.25) is 0 Å². The minimum Gasteiger partial charge on any atom is -0.497 e. The number of anilines is 1. The third-order valence-electron chi connectivity index (χ3n) is 3.12. The summed E-state index contributed by atoms with van der Waals surface area (Å²) in [4.78, 5) is 4.19. The molecule has 0 bridgehead atoms. The summed E-state index contributed by atoms with van der Waals surface area (Å²) in [5, 5.41) is 1.70. The zero-order valence-corrected chi connectivity index (χ0v) is 11.3. The van der Waals surface area contributed by atoms with Crippen LogP contribution in [0.5, 0.6) is 17.4 Å². The number of aromatic nitrogens is 1. The average molecular weight is 284 g/mol. The van der Waals surface area contributed by atoms with Gasteiger partial charge in [-0.05, 0) is 35.7 Å². The molecular formula is C16H13FN2O2. The van der Waals surface area contributed by atoms with Gasteiger partial charge in [-0.1, -0.05) is 6.07 Å². The van der Waals surface area contributed by atoms with Crippen LogP contribution in [0.25, 0.3) is 10.8 Å². The maximum Gasteiger partial charge on any atom is 0.227 e. The predicted molar refractivity (Wildman–Crippen MR) is 79.2 cm³/mol. The molecule has 0 saturated carbocycles. The molecule has 0 aliphatic heterocycles. The van der Waals surface area contributed by atoms with Crippen molar-refractivity contribution in [1.82, 2.24) is 4.98 Å². The van der Waals surface area contributed by atoms with E-state index in [1.54, 1.807) is 13.3 Å². The van der Waals surface area contributed by atoms with E-state index in [4.69, 9.17) is 15.2 Å². The van der Waals surface area contributed by atoms with E-state index in [1.165, 1.54) is 18.2 Å². The number of halogens is 1. The van der Waals surface area contributed by atoms with Crippen molar-refractivity contribution >= 4 is 16.5 Å². The van der Waals surface area contributed by atoms with Crippen LogP contribution in [0.4, 0.5) is 10.1 Å². The lowest BCUT2D eigenvalue weighted by Crippen LogP contribution is -1.95. The van der Waals surface area contributed by atoms with Gasteiger partial charge in [-0.2, -0.15) is 0 Å². The highest BCUT2D eigenvalue weighted by Gasteiger charge is 2.09. The summed E-state index contributed by atoms with van der Waals surface area (Å²) in [6.07, 6.45) is 1.62. The second-order valence-corrected chi connectivity index (χ2v) is 4.49. The second-order valence-electron chi connectivity index (χ2n) is 4.49. The molecule has 0 unspecified atom stereocenters. The first-order chi connectivity index (χ1) is 10.2. The van der Waals surface area contributed by atoms with E-state index in [2.05, 4.69) is 4.98 Å². The normalized spacial score (nSPS) is 10.6. The molecule has 5 heteroatoms. The molecule has 0 spiro atoms. The van der Waals surface area contributed by atoms with Gasteiger partial charge >= 0.3 is 0 Å². The number of methoxy groups -OCH3 is 1. The second kappa shape index (κ2) is 5.28. The van der Waals surface area contributed by atoms with Crippen molar-refractivity contribution < 1.29 is 13.9 Å². The van der Waals surface area contributed by atoms with Crippen LogP contribution in [0, 0.1) is 5.82 Å². The zero-order valence-electron chi connectivity index (χ0n) is 11.3. The number of nitrogen functional groups attached to an aromatic ring is 1. The van der Waals surface area contributed by atoms with Gasteiger partial charge in [0.25, 0.3) is 0 Å². The highest BCUT2D eigenvalue weighted by Crippen LogP contribution is 2.33. The molecule has 0 fully saturated rings. The Morgan fingerprint density at radius 3 is 2.76 bits per heavy atom. The fourth-order valence-corrected chi connectivity index (χ4v) is 2.03. The molecular weight excluding hydrogens is 271 g/mol. The van der Waals surface area contributed by atoms with Crippen LogP contribution >= 0.6 is 0 Å². The van der Waals surface area contributed by atoms with E-state index in [9.17, 15) is 4.39 Å². The van der Waals surface area contributed by atoms with E-state index in [0.29, 0.717) is 17.3 Å². The summed E-state index contributed by atoms with van der Waals surface area (Å²) in [6, 6.07) is 11.4. The van der Waals surface area contributed by atoms with E-state index >= 15 is 0 Å². The van der Waals surface area contributed by atoms with E-state index < -0.39 is 5.82 Å². The number of nitrogens with zero attached hydrogens (tertiary/aromatic N) is 1. The van der Waals surface area contributed by atoms with Gasteiger partial charge in [-0.3, -0.25) is 0 Å². The highest BCUT2D eigenvalue weighted by molar-refractivity contribution is 5.88. The summed E-state index contributed by atoms with van der Waals surface area (Å²) in [7, 11) is 1.59. The summed E-state index contributed by atoms with van der Waals surface area (Å²) in [5.41, 5.74) is 6.14. The Bertz CT molecular complexity index is 805. The molecule has 1 heterocycles. The molecule has 3 aromatic rings. The molecule has 2 N–H and O–H groups in total. The quantitative estimate of drug-likeness (QED) is 0.744. The Morgan fingerprint density at radius 2 is 1.95 bits per heavy atom. The van der Waals surface area contributed by atoms with Crippen molar-refractivity contribution in [2.45, 2.75) is 0 Å². The lowest BCUT2D eigenvalue weighted by atomic mass is 10.1. The number of rotatable bonds is 3. The fraction of sp³-hybridized carbons (Fsp3) is 0.0625. The maximum absolute atomic E-state index is 13.3. The molecule has 0 radical (unpaired) electrons. The van der Waals surface area contributed by atoms with Gasteiger partial charge in [-0.25, -0.2) is 9.37 Å². The highest BCUT2D eigenvalue weighted by atomic mass is 19.1. The fourth-order valence-electron chi connectivity index (χ4n) is 2.03. The minimum atomic E-state index is -0.419. The molecule has 106 valence electrons. The molecule has 1 aromatic heterocycles. The lowest BCUT2D eigenvalue weighted by molar-refractivity contribution is 0.415. The van der Waals surface area contributed by atoms with Crippen molar-refractivity contribution in [3.63, 3.8) is 0 Å². The first kappa shape index (κ1) is 13.2. The van der Waals surface area contributed by atoms with Gasteiger partial charge in [0.2, 0.25) is 5.88 Å². The van der Waals surface area contributed by atoms with Crippen molar-refractivity contribution in [3.8, 4) is 17.4 Å². The van der Waals surface area contributed by atoms with Gasteiger partial charge in [0.15, 0.2) is 5.75 Å². The molecule has 3 rings (SSSR count). The number of hydrogen-bond acceptors (Lipinski definition) is 4. The molecule has 0 amide bonds. The summed E-state index contributed by atoms with van der Waals surface area (Å²) >= 11 is 0. The smallest absolute Gasteiger partial charge is 0.227 e. The third kappa shape index (κ3) is 2.58. The Kier molecular flexibility index (Phi) is 3.31. The van der Waals surface area contributed by atoms with Crippen LogP contribution in [0.1, 0.15) is 0 Å². The van der Waals surface area contributed by atoms with Crippen molar-refractivity contribution in [3.05, 3.63) is 54.5 Å². The third-order valence-corrected chi connectivity index (χ3v) is 3.12. The Labute approximate surface area is 120 Å². The van der Waals surface area contributed by atoms with Crippen LogP contribution in [-0.4, -0.2) is 12.1 Å². The topological polar surface area (TPSA) is 57.4 Å². The zero-order chi connectivity index (χ0) is 14.8. The van der Waals surface area contributed by atoms with E-state index in [-0.39, 0.29) is 5.75 Å². The molecule has 4 nitrogen and oxygen atoms in total. The maximum atomic E-state index is 13.3. The summed E-state index contributed by atoms with van der Waals surface area (Å²) < 4.78 is 24.2. The standard InChI is InChI=1S/C16H13FN2O2/c1-20-12-4-2-10-6-7-19-16(13(10)9-12)21-15-8-11(17)3-5-14(15)18/h2-9H,18H2,1H3. The van der Waals surface area contributed by atoms with Gasteiger partial charge in [0.1, 0.15) is 11.6 Å². The number of ether oxygens (including phenoxy) is 2. The number of fused-ring (bicyclic) bond motifs is 1. The van der Waals surface area contributed by atoms with Gasteiger partial charge in [-0.15, -0.1) is 0 Å². The van der Waals surface area contributed by atoms with E-state index in [1.807, 2.05) is 24.3 Å². The molecule has 2 aromatic carbocycles. The van der Waals surface area contributed by atoms with Crippen molar-refractivity contribution in [1.29, 1.82) is 0 Å². The molecule has 0 saturated heterocycles. The number of nitrogens with two attached hydrogens (primary N) is 1. The monoisotopic (exact) mass is 284 g/mol. The van der Waals surface area contributed by atoms with Crippen LogP contribution in [0.3, 0.4) is 0 Å². The summed E-state index contributed by atoms with van der Waals surface area (Å²) in [6.45, 7) is 0. The number of pyridine rings is 1. The average Bonchev–Trinajstić information content (AvgIpc) is 2.51. The lowest BCUT2D eigenvalue weighted by Gasteiger charge is -2.10. The van der Waals surface area contributed by atoms with Crippen LogP contribution in [-0.2, 0) is 0 Å². The van der Waals surface area contributed by atoms with Gasteiger partial charge in [0.05, 0.1) is 12.8 Å². The van der Waals surface area contributed by atoms with Crippen LogP contribution in [0.15, 0.2) is 48.7 Å². The summed E-state index contributed by atoms with van der Waals surface area (Å²) in [5.74, 6) is 0.853. The molecule has 21 heavy (non-hydrogen) atoms. The minimum absolute atomic E-state index is 0.234. The Morgan fingerprint density at radius 1 is 1.10 bits per heavy atom. The molecule has 0 atom stereocenters. The molecule has 0 aliphatic rings. The first-order valence-electron chi connectivity index (χ1n) is 6.33. The van der Waals surface area contributed by atoms with E-state index in [0.717, 1.165) is 10.8 Å². The number of benzene rings is 2. The number of hydrogen-bond donors (Lipinski definition) is 1. The van der Waals surface area contributed by atoms with Crippen LogP contribution < -0.4 is 15.2 Å². The van der Waals surface area contributed by atoms with Crippen molar-refractivity contribution in [2.75, 3.05) is 12.8 Å². The van der Waals surface area contributed by atoms with Gasteiger partial charge < -0.3 is 15.2 Å².